The molecule has 180 valence electrons. The van der Waals surface area contributed by atoms with E-state index in [1.165, 1.54) is 0 Å². The van der Waals surface area contributed by atoms with Crippen molar-refractivity contribution in [1.29, 1.82) is 0 Å². The topological polar surface area (TPSA) is 69.6 Å². The fraction of sp³-hybridized carbons (Fsp3) is 0.444. The second kappa shape index (κ2) is 11.5. The van der Waals surface area contributed by atoms with E-state index in [1.54, 1.807) is 36.4 Å². The van der Waals surface area contributed by atoms with Crippen LogP contribution in [0.3, 0.4) is 0 Å². The molecule has 3 N–H and O–H groups in total. The standard InChI is InChI=1S/C27H35Cl2NO3/c1-6-14-27(5,25(33)30-23(17-31)26(2,3)4)16-22(19-8-7-9-21(29)15-19)24(32)18-10-12-20(28)13-11-18/h6-13,15,22-24,31-32H,1,14,16-17H2,2-5H3,(H,30,33)/t22-,23-,24+,27?/m1/s1. The van der Waals surface area contributed by atoms with E-state index >= 15 is 0 Å². The first-order valence-corrected chi connectivity index (χ1v) is 11.9. The average molecular weight is 492 g/mol. The van der Waals surface area contributed by atoms with Gasteiger partial charge in [-0.2, -0.15) is 0 Å². The van der Waals surface area contributed by atoms with Crippen molar-refractivity contribution in [3.63, 3.8) is 0 Å². The van der Waals surface area contributed by atoms with E-state index in [2.05, 4.69) is 11.9 Å². The van der Waals surface area contributed by atoms with Crippen LogP contribution in [0, 0.1) is 10.8 Å². The van der Waals surface area contributed by atoms with E-state index in [9.17, 15) is 15.0 Å². The van der Waals surface area contributed by atoms with Crippen LogP contribution in [0.1, 0.15) is 63.7 Å². The molecular formula is C27H35Cl2NO3. The molecule has 4 atom stereocenters. The van der Waals surface area contributed by atoms with Crippen molar-refractivity contribution in [2.75, 3.05) is 6.61 Å². The van der Waals surface area contributed by atoms with Gasteiger partial charge in [0.25, 0.3) is 0 Å². The van der Waals surface area contributed by atoms with Gasteiger partial charge in [-0.15, -0.1) is 6.58 Å². The zero-order valence-corrected chi connectivity index (χ0v) is 21.3. The van der Waals surface area contributed by atoms with Crippen molar-refractivity contribution >= 4 is 29.1 Å². The molecule has 0 aliphatic carbocycles. The van der Waals surface area contributed by atoms with Gasteiger partial charge in [-0.3, -0.25) is 4.79 Å². The number of aliphatic hydroxyl groups excluding tert-OH is 2. The van der Waals surface area contributed by atoms with Gasteiger partial charge >= 0.3 is 0 Å². The van der Waals surface area contributed by atoms with E-state index in [1.807, 2.05) is 45.9 Å². The minimum absolute atomic E-state index is 0.162. The number of benzene rings is 2. The number of amides is 1. The molecule has 6 heteroatoms. The molecule has 0 aromatic heterocycles. The van der Waals surface area contributed by atoms with Crippen LogP contribution in [-0.4, -0.2) is 28.8 Å². The molecule has 0 aliphatic heterocycles. The molecule has 0 saturated carbocycles. The van der Waals surface area contributed by atoms with Crippen molar-refractivity contribution in [3.8, 4) is 0 Å². The quantitative estimate of drug-likeness (QED) is 0.341. The highest BCUT2D eigenvalue weighted by Gasteiger charge is 2.40. The molecule has 0 aliphatic rings. The van der Waals surface area contributed by atoms with Crippen LogP contribution in [0.2, 0.25) is 10.0 Å². The first-order valence-electron chi connectivity index (χ1n) is 11.1. The Kier molecular flexibility index (Phi) is 9.57. The molecule has 0 bridgehead atoms. The van der Waals surface area contributed by atoms with Crippen LogP contribution in [0.15, 0.2) is 61.2 Å². The molecule has 0 radical (unpaired) electrons. The monoisotopic (exact) mass is 491 g/mol. The summed E-state index contributed by atoms with van der Waals surface area (Å²) in [7, 11) is 0. The second-order valence-corrected chi connectivity index (χ2v) is 10.9. The number of carbonyl (C=O) groups is 1. The van der Waals surface area contributed by atoms with Crippen LogP contribution in [-0.2, 0) is 4.79 Å². The van der Waals surface area contributed by atoms with Gasteiger partial charge in [0.05, 0.1) is 24.2 Å². The van der Waals surface area contributed by atoms with E-state index in [4.69, 9.17) is 23.2 Å². The molecule has 0 spiro atoms. The van der Waals surface area contributed by atoms with Crippen molar-refractivity contribution in [2.24, 2.45) is 10.8 Å². The van der Waals surface area contributed by atoms with Crippen molar-refractivity contribution in [1.82, 2.24) is 5.32 Å². The first-order chi connectivity index (χ1) is 15.4. The Balaban J connectivity index is 2.46. The van der Waals surface area contributed by atoms with Gasteiger partial charge in [0.1, 0.15) is 0 Å². The maximum absolute atomic E-state index is 13.5. The van der Waals surface area contributed by atoms with Crippen LogP contribution in [0.5, 0.6) is 0 Å². The van der Waals surface area contributed by atoms with E-state index in [-0.39, 0.29) is 17.9 Å². The highest BCUT2D eigenvalue weighted by atomic mass is 35.5. The van der Waals surface area contributed by atoms with Crippen LogP contribution < -0.4 is 5.32 Å². The third kappa shape index (κ3) is 7.31. The van der Waals surface area contributed by atoms with Gasteiger partial charge in [-0.25, -0.2) is 0 Å². The molecule has 1 amide bonds. The Labute approximate surface area is 207 Å². The largest absolute Gasteiger partial charge is 0.394 e. The normalized spacial score (nSPS) is 16.4. The molecule has 2 aromatic rings. The zero-order chi connectivity index (χ0) is 24.8. The van der Waals surface area contributed by atoms with E-state index < -0.39 is 23.5 Å². The second-order valence-electron chi connectivity index (χ2n) is 9.99. The first kappa shape index (κ1) is 27.4. The molecule has 2 aromatic carbocycles. The van der Waals surface area contributed by atoms with Gasteiger partial charge in [-0.05, 0) is 53.6 Å². The predicted molar refractivity (Wildman–Crippen MR) is 137 cm³/mol. The SMILES string of the molecule is C=CCC(C)(C[C@H](c1cccc(Cl)c1)[C@@H](O)c1ccc(Cl)cc1)C(=O)N[C@H](CO)C(C)(C)C. The maximum atomic E-state index is 13.5. The number of hydrogen-bond donors (Lipinski definition) is 3. The molecule has 1 unspecified atom stereocenters. The lowest BCUT2D eigenvalue weighted by Gasteiger charge is -2.37. The molecular weight excluding hydrogens is 457 g/mol. The molecule has 33 heavy (non-hydrogen) atoms. The average Bonchev–Trinajstić information content (AvgIpc) is 2.75. The Bertz CT molecular complexity index is 939. The number of allylic oxidation sites excluding steroid dienone is 1. The van der Waals surface area contributed by atoms with Crippen molar-refractivity contribution in [3.05, 3.63) is 82.4 Å². The highest BCUT2D eigenvalue weighted by Crippen LogP contribution is 2.43. The van der Waals surface area contributed by atoms with Gasteiger partial charge in [-0.1, -0.05) is 81.2 Å². The highest BCUT2D eigenvalue weighted by molar-refractivity contribution is 6.30. The van der Waals surface area contributed by atoms with Crippen LogP contribution in [0.25, 0.3) is 0 Å². The van der Waals surface area contributed by atoms with E-state index in [0.29, 0.717) is 28.5 Å². The lowest BCUT2D eigenvalue weighted by Crippen LogP contribution is -2.51. The zero-order valence-electron chi connectivity index (χ0n) is 19.8. The smallest absolute Gasteiger partial charge is 0.226 e. The summed E-state index contributed by atoms with van der Waals surface area (Å²) in [4.78, 5) is 13.5. The maximum Gasteiger partial charge on any atom is 0.226 e. The van der Waals surface area contributed by atoms with E-state index in [0.717, 1.165) is 5.56 Å². The lowest BCUT2D eigenvalue weighted by atomic mass is 9.72. The summed E-state index contributed by atoms with van der Waals surface area (Å²) in [6.07, 6.45) is 1.59. The summed E-state index contributed by atoms with van der Waals surface area (Å²) in [6.45, 7) is 11.5. The number of nitrogens with one attached hydrogen (secondary N) is 1. The summed E-state index contributed by atoms with van der Waals surface area (Å²) in [5.74, 6) is -0.602. The van der Waals surface area contributed by atoms with Crippen LogP contribution in [0.4, 0.5) is 0 Å². The molecule has 0 saturated heterocycles. The van der Waals surface area contributed by atoms with Gasteiger partial charge in [0.15, 0.2) is 0 Å². The minimum atomic E-state index is -0.881. The predicted octanol–water partition coefficient (Wildman–Crippen LogP) is 6.31. The summed E-state index contributed by atoms with van der Waals surface area (Å²) < 4.78 is 0. The Morgan fingerprint density at radius 1 is 1.06 bits per heavy atom. The summed E-state index contributed by atoms with van der Waals surface area (Å²) in [5.41, 5.74) is 0.353. The number of hydrogen-bond acceptors (Lipinski definition) is 3. The van der Waals surface area contributed by atoms with Gasteiger partial charge < -0.3 is 15.5 Å². The molecule has 2 rings (SSSR count). The Morgan fingerprint density at radius 3 is 2.21 bits per heavy atom. The summed E-state index contributed by atoms with van der Waals surface area (Å²) in [6, 6.07) is 14.0. The Hall–Kier alpha value is -1.85. The third-order valence-corrected chi connectivity index (χ3v) is 6.70. The molecule has 4 nitrogen and oxygen atoms in total. The fourth-order valence-corrected chi connectivity index (χ4v) is 4.31. The fourth-order valence-electron chi connectivity index (χ4n) is 3.98. The number of carbonyl (C=O) groups excluding carboxylic acids is 1. The number of rotatable bonds is 10. The third-order valence-electron chi connectivity index (χ3n) is 6.22. The van der Waals surface area contributed by atoms with Gasteiger partial charge in [0, 0.05) is 16.0 Å². The number of aliphatic hydroxyl groups is 2. The van der Waals surface area contributed by atoms with Gasteiger partial charge in [0.2, 0.25) is 5.91 Å². The Morgan fingerprint density at radius 2 is 1.70 bits per heavy atom. The summed E-state index contributed by atoms with van der Waals surface area (Å²) >= 11 is 12.3. The molecule has 0 fully saturated rings. The van der Waals surface area contributed by atoms with Crippen LogP contribution >= 0.6 is 23.2 Å². The minimum Gasteiger partial charge on any atom is -0.394 e. The number of halogens is 2. The van der Waals surface area contributed by atoms with Crippen molar-refractivity contribution < 1.29 is 15.0 Å². The molecule has 0 heterocycles. The summed E-state index contributed by atoms with van der Waals surface area (Å²) in [5, 5.41) is 25.4. The lowest BCUT2D eigenvalue weighted by molar-refractivity contribution is -0.133. The van der Waals surface area contributed by atoms with Crippen molar-refractivity contribution in [2.45, 2.75) is 58.6 Å².